The third-order valence-electron chi connectivity index (χ3n) is 2.18. The van der Waals surface area contributed by atoms with Crippen LogP contribution in [0.4, 0.5) is 0 Å². The number of carbonyl (C=O) groups excluding carboxylic acids is 1. The highest BCUT2D eigenvalue weighted by Crippen LogP contribution is 2.26. The minimum atomic E-state index is -0.356. The zero-order valence-electron chi connectivity index (χ0n) is 9.68. The number of hydrogen-bond acceptors (Lipinski definition) is 4. The van der Waals surface area contributed by atoms with Crippen LogP contribution in [-0.2, 0) is 4.79 Å². The van der Waals surface area contributed by atoms with Crippen molar-refractivity contribution in [3.8, 4) is 17.1 Å². The lowest BCUT2D eigenvalue weighted by Gasteiger charge is -2.07. The van der Waals surface area contributed by atoms with Gasteiger partial charge < -0.3 is 4.74 Å². The number of para-hydroxylation sites is 1. The molecule has 0 saturated heterocycles. The summed E-state index contributed by atoms with van der Waals surface area (Å²) in [5, 5.41) is 0. The molecular weight excluding hydrogens is 216 g/mol. The Kier molecular flexibility index (Phi) is 3.14. The van der Waals surface area contributed by atoms with Crippen molar-refractivity contribution in [1.82, 2.24) is 9.97 Å². The van der Waals surface area contributed by atoms with Crippen molar-refractivity contribution in [2.45, 2.75) is 13.8 Å². The molecule has 4 nitrogen and oxygen atoms in total. The van der Waals surface area contributed by atoms with Crippen LogP contribution in [0.3, 0.4) is 0 Å². The monoisotopic (exact) mass is 228 g/mol. The average Bonchev–Trinajstić information content (AvgIpc) is 2.29. The number of nitrogens with zero attached hydrogens (tertiary/aromatic N) is 2. The van der Waals surface area contributed by atoms with Gasteiger partial charge in [-0.3, -0.25) is 4.79 Å². The first-order valence-corrected chi connectivity index (χ1v) is 5.24. The zero-order chi connectivity index (χ0) is 12.3. The Balaban J connectivity index is 2.47. The van der Waals surface area contributed by atoms with E-state index in [4.69, 9.17) is 4.74 Å². The molecule has 0 aliphatic rings. The molecule has 2 rings (SSSR count). The Bertz CT molecular complexity index is 553. The second-order valence-electron chi connectivity index (χ2n) is 3.61. The molecule has 17 heavy (non-hydrogen) atoms. The maximum absolute atomic E-state index is 11.0. The SMILES string of the molecule is CC(=O)Oc1ccccc1-c1nccc(C)n1. The van der Waals surface area contributed by atoms with Crippen LogP contribution >= 0.6 is 0 Å². The maximum atomic E-state index is 11.0. The molecule has 0 spiro atoms. The van der Waals surface area contributed by atoms with E-state index in [1.54, 1.807) is 18.3 Å². The Morgan fingerprint density at radius 2 is 2.00 bits per heavy atom. The maximum Gasteiger partial charge on any atom is 0.308 e. The van der Waals surface area contributed by atoms with Gasteiger partial charge in [-0.05, 0) is 25.1 Å². The van der Waals surface area contributed by atoms with E-state index in [1.165, 1.54) is 6.92 Å². The molecule has 0 N–H and O–H groups in total. The lowest BCUT2D eigenvalue weighted by molar-refractivity contribution is -0.131. The highest BCUT2D eigenvalue weighted by molar-refractivity contribution is 5.74. The first kappa shape index (κ1) is 11.3. The van der Waals surface area contributed by atoms with Gasteiger partial charge in [0.05, 0.1) is 5.56 Å². The van der Waals surface area contributed by atoms with E-state index in [9.17, 15) is 4.79 Å². The first-order valence-electron chi connectivity index (χ1n) is 5.24. The molecule has 0 fully saturated rings. The third kappa shape index (κ3) is 2.66. The average molecular weight is 228 g/mol. The summed E-state index contributed by atoms with van der Waals surface area (Å²) < 4.78 is 5.12. The van der Waals surface area contributed by atoms with Crippen LogP contribution in [0.25, 0.3) is 11.4 Å². The summed E-state index contributed by atoms with van der Waals surface area (Å²) in [6.07, 6.45) is 1.68. The molecular formula is C13H12N2O2. The van der Waals surface area contributed by atoms with Crippen LogP contribution in [0.5, 0.6) is 5.75 Å². The fourth-order valence-electron chi connectivity index (χ4n) is 1.47. The highest BCUT2D eigenvalue weighted by atomic mass is 16.5. The summed E-state index contributed by atoms with van der Waals surface area (Å²) in [6.45, 7) is 3.26. The topological polar surface area (TPSA) is 52.1 Å². The van der Waals surface area contributed by atoms with Crippen molar-refractivity contribution in [1.29, 1.82) is 0 Å². The lowest BCUT2D eigenvalue weighted by Crippen LogP contribution is -2.03. The van der Waals surface area contributed by atoms with Crippen LogP contribution in [-0.4, -0.2) is 15.9 Å². The Hall–Kier alpha value is -2.23. The molecule has 4 heteroatoms. The van der Waals surface area contributed by atoms with Crippen LogP contribution < -0.4 is 4.74 Å². The van der Waals surface area contributed by atoms with E-state index in [2.05, 4.69) is 9.97 Å². The van der Waals surface area contributed by atoms with Crippen LogP contribution in [0, 0.1) is 6.92 Å². The summed E-state index contributed by atoms with van der Waals surface area (Å²) in [5.41, 5.74) is 1.58. The van der Waals surface area contributed by atoms with Gasteiger partial charge in [-0.2, -0.15) is 0 Å². The van der Waals surface area contributed by atoms with Crippen LogP contribution in [0.1, 0.15) is 12.6 Å². The number of esters is 1. The van der Waals surface area contributed by atoms with Gasteiger partial charge in [0, 0.05) is 18.8 Å². The molecule has 0 saturated carbocycles. The standard InChI is InChI=1S/C13H12N2O2/c1-9-7-8-14-13(15-9)11-5-3-4-6-12(11)17-10(2)16/h3-8H,1-2H3. The molecule has 2 aromatic rings. The predicted molar refractivity (Wildman–Crippen MR) is 63.5 cm³/mol. The second-order valence-corrected chi connectivity index (χ2v) is 3.61. The molecule has 0 bridgehead atoms. The van der Waals surface area contributed by atoms with E-state index in [1.807, 2.05) is 25.1 Å². The summed E-state index contributed by atoms with van der Waals surface area (Å²) in [5.74, 6) is 0.678. The molecule has 0 aliphatic carbocycles. The van der Waals surface area contributed by atoms with Crippen molar-refractivity contribution >= 4 is 5.97 Å². The molecule has 0 unspecified atom stereocenters. The number of benzene rings is 1. The van der Waals surface area contributed by atoms with Gasteiger partial charge in [0.25, 0.3) is 0 Å². The number of carbonyl (C=O) groups is 1. The smallest absolute Gasteiger partial charge is 0.308 e. The molecule has 1 aromatic carbocycles. The minimum Gasteiger partial charge on any atom is -0.426 e. The fourth-order valence-corrected chi connectivity index (χ4v) is 1.47. The Labute approximate surface area is 99.3 Å². The first-order chi connectivity index (χ1) is 8.16. The van der Waals surface area contributed by atoms with Gasteiger partial charge in [0.1, 0.15) is 5.75 Å². The lowest BCUT2D eigenvalue weighted by atomic mass is 10.2. The van der Waals surface area contributed by atoms with E-state index in [0.717, 1.165) is 5.69 Å². The van der Waals surface area contributed by atoms with Crippen molar-refractivity contribution in [2.75, 3.05) is 0 Å². The van der Waals surface area contributed by atoms with Crippen LogP contribution in [0.2, 0.25) is 0 Å². The fraction of sp³-hybridized carbons (Fsp3) is 0.154. The van der Waals surface area contributed by atoms with E-state index in [-0.39, 0.29) is 5.97 Å². The molecule has 0 aliphatic heterocycles. The summed E-state index contributed by atoms with van der Waals surface area (Å²) in [7, 11) is 0. The van der Waals surface area contributed by atoms with Gasteiger partial charge in [-0.1, -0.05) is 12.1 Å². The van der Waals surface area contributed by atoms with Crippen molar-refractivity contribution in [3.63, 3.8) is 0 Å². The van der Waals surface area contributed by atoms with E-state index < -0.39 is 0 Å². The molecule has 1 aromatic heterocycles. The minimum absolute atomic E-state index is 0.356. The van der Waals surface area contributed by atoms with Crippen LogP contribution in [0.15, 0.2) is 36.5 Å². The summed E-state index contributed by atoms with van der Waals surface area (Å²) >= 11 is 0. The number of ether oxygens (including phenoxy) is 1. The summed E-state index contributed by atoms with van der Waals surface area (Å²) in [4.78, 5) is 19.5. The van der Waals surface area contributed by atoms with Gasteiger partial charge in [-0.15, -0.1) is 0 Å². The molecule has 86 valence electrons. The number of rotatable bonds is 2. The largest absolute Gasteiger partial charge is 0.426 e. The molecule has 0 atom stereocenters. The van der Waals surface area contributed by atoms with Crippen molar-refractivity contribution < 1.29 is 9.53 Å². The van der Waals surface area contributed by atoms with Crippen molar-refractivity contribution in [3.05, 3.63) is 42.2 Å². The van der Waals surface area contributed by atoms with Crippen molar-refractivity contribution in [2.24, 2.45) is 0 Å². The van der Waals surface area contributed by atoms with Gasteiger partial charge in [0.15, 0.2) is 5.82 Å². The molecule has 0 amide bonds. The van der Waals surface area contributed by atoms with E-state index >= 15 is 0 Å². The number of hydrogen-bond donors (Lipinski definition) is 0. The number of aryl methyl sites for hydroxylation is 1. The number of aromatic nitrogens is 2. The normalized spacial score (nSPS) is 10.0. The predicted octanol–water partition coefficient (Wildman–Crippen LogP) is 2.38. The third-order valence-corrected chi connectivity index (χ3v) is 2.18. The van der Waals surface area contributed by atoms with Gasteiger partial charge in [-0.25, -0.2) is 9.97 Å². The van der Waals surface area contributed by atoms with E-state index in [0.29, 0.717) is 17.1 Å². The summed E-state index contributed by atoms with van der Waals surface area (Å²) in [6, 6.07) is 9.03. The quantitative estimate of drug-likeness (QED) is 0.585. The zero-order valence-corrected chi connectivity index (χ0v) is 9.68. The Morgan fingerprint density at radius 1 is 1.24 bits per heavy atom. The second kappa shape index (κ2) is 4.74. The van der Waals surface area contributed by atoms with Gasteiger partial charge >= 0.3 is 5.97 Å². The highest BCUT2D eigenvalue weighted by Gasteiger charge is 2.09. The Morgan fingerprint density at radius 3 is 2.71 bits per heavy atom. The van der Waals surface area contributed by atoms with Gasteiger partial charge in [0.2, 0.25) is 0 Å². The molecule has 1 heterocycles. The molecule has 0 radical (unpaired) electrons.